The van der Waals surface area contributed by atoms with Crippen LogP contribution in [0.2, 0.25) is 0 Å². The highest BCUT2D eigenvalue weighted by molar-refractivity contribution is 7.89. The Morgan fingerprint density at radius 2 is 1.69 bits per heavy atom. The average molecular weight is 239 g/mol. The second-order valence-corrected chi connectivity index (χ2v) is 5.80. The number of sulfonamides is 1. The molecule has 0 heterocycles. The van der Waals surface area contributed by atoms with Crippen LogP contribution in [0.1, 0.15) is 22.3 Å². The molecule has 1 aromatic carbocycles. The predicted molar refractivity (Wildman–Crippen MR) is 67.7 cm³/mol. The SMILES string of the molecule is C=C(CS(N)(=O)=O)c1c(C)cc(C)cc1C. The molecule has 1 aromatic rings. The molecule has 0 aliphatic heterocycles. The van der Waals surface area contributed by atoms with Crippen LogP contribution in [-0.2, 0) is 10.0 Å². The maximum atomic E-state index is 11.0. The van der Waals surface area contributed by atoms with Crippen molar-refractivity contribution in [2.75, 3.05) is 5.75 Å². The molecule has 0 saturated carbocycles. The van der Waals surface area contributed by atoms with Gasteiger partial charge in [0.15, 0.2) is 0 Å². The summed E-state index contributed by atoms with van der Waals surface area (Å²) in [6, 6.07) is 4.02. The van der Waals surface area contributed by atoms with E-state index in [-0.39, 0.29) is 5.75 Å². The van der Waals surface area contributed by atoms with Gasteiger partial charge in [0.25, 0.3) is 0 Å². The van der Waals surface area contributed by atoms with Crippen molar-refractivity contribution in [2.45, 2.75) is 20.8 Å². The van der Waals surface area contributed by atoms with E-state index < -0.39 is 10.0 Å². The maximum absolute atomic E-state index is 11.0. The van der Waals surface area contributed by atoms with Gasteiger partial charge in [-0.15, -0.1) is 0 Å². The van der Waals surface area contributed by atoms with E-state index in [1.165, 1.54) is 0 Å². The van der Waals surface area contributed by atoms with Crippen molar-refractivity contribution in [2.24, 2.45) is 5.14 Å². The average Bonchev–Trinajstić information content (AvgIpc) is 1.96. The van der Waals surface area contributed by atoms with Crippen LogP contribution in [0.5, 0.6) is 0 Å². The molecule has 1 rings (SSSR count). The van der Waals surface area contributed by atoms with Gasteiger partial charge in [0.2, 0.25) is 10.0 Å². The highest BCUT2D eigenvalue weighted by atomic mass is 32.2. The molecule has 2 N–H and O–H groups in total. The fourth-order valence-corrected chi connectivity index (χ4v) is 2.68. The van der Waals surface area contributed by atoms with Gasteiger partial charge < -0.3 is 0 Å². The molecule has 0 saturated heterocycles. The van der Waals surface area contributed by atoms with Crippen molar-refractivity contribution in [3.63, 3.8) is 0 Å². The third-order valence-corrected chi connectivity index (χ3v) is 3.16. The summed E-state index contributed by atoms with van der Waals surface area (Å²) in [6.45, 7) is 9.70. The van der Waals surface area contributed by atoms with Crippen molar-refractivity contribution in [3.8, 4) is 0 Å². The smallest absolute Gasteiger partial charge is 0.213 e. The van der Waals surface area contributed by atoms with E-state index in [1.807, 2.05) is 32.9 Å². The molecule has 0 aliphatic rings. The van der Waals surface area contributed by atoms with Crippen LogP contribution in [-0.4, -0.2) is 14.2 Å². The molecule has 0 atom stereocenters. The highest BCUT2D eigenvalue weighted by Crippen LogP contribution is 2.23. The Bertz CT molecular complexity index is 507. The molecule has 0 spiro atoms. The zero-order valence-corrected chi connectivity index (χ0v) is 10.7. The van der Waals surface area contributed by atoms with Gasteiger partial charge in [0.05, 0.1) is 5.75 Å². The minimum atomic E-state index is -3.51. The zero-order valence-electron chi connectivity index (χ0n) is 9.87. The molecule has 0 aliphatic carbocycles. The number of rotatable bonds is 3. The fourth-order valence-electron chi connectivity index (χ4n) is 2.05. The molecular weight excluding hydrogens is 222 g/mol. The summed E-state index contributed by atoms with van der Waals surface area (Å²) in [5, 5.41) is 5.02. The van der Waals surface area contributed by atoms with Crippen LogP contribution >= 0.6 is 0 Å². The molecule has 0 fully saturated rings. The van der Waals surface area contributed by atoms with Crippen LogP contribution < -0.4 is 5.14 Å². The molecule has 88 valence electrons. The lowest BCUT2D eigenvalue weighted by Gasteiger charge is -2.13. The van der Waals surface area contributed by atoms with Crippen LogP contribution in [0.4, 0.5) is 0 Å². The quantitative estimate of drug-likeness (QED) is 0.876. The number of hydrogen-bond donors (Lipinski definition) is 1. The minimum absolute atomic E-state index is 0.197. The Balaban J connectivity index is 3.19. The molecule has 0 amide bonds. The van der Waals surface area contributed by atoms with Gasteiger partial charge in [-0.3, -0.25) is 0 Å². The summed E-state index contributed by atoms with van der Waals surface area (Å²) in [5.41, 5.74) is 4.68. The first-order valence-electron chi connectivity index (χ1n) is 4.97. The number of aryl methyl sites for hydroxylation is 3. The van der Waals surface area contributed by atoms with Gasteiger partial charge in [-0.2, -0.15) is 0 Å². The van der Waals surface area contributed by atoms with E-state index in [9.17, 15) is 8.42 Å². The second kappa shape index (κ2) is 4.39. The number of nitrogens with two attached hydrogens (primary N) is 1. The van der Waals surface area contributed by atoms with E-state index in [1.54, 1.807) is 0 Å². The topological polar surface area (TPSA) is 60.2 Å². The summed E-state index contributed by atoms with van der Waals surface area (Å²) < 4.78 is 22.0. The Morgan fingerprint density at radius 1 is 1.25 bits per heavy atom. The summed E-state index contributed by atoms with van der Waals surface area (Å²) in [4.78, 5) is 0. The van der Waals surface area contributed by atoms with E-state index >= 15 is 0 Å². The normalized spacial score (nSPS) is 11.5. The van der Waals surface area contributed by atoms with Crippen molar-refractivity contribution in [1.82, 2.24) is 0 Å². The highest BCUT2D eigenvalue weighted by Gasteiger charge is 2.12. The Kier molecular flexibility index (Phi) is 3.55. The molecule has 3 nitrogen and oxygen atoms in total. The lowest BCUT2D eigenvalue weighted by molar-refractivity contribution is 0.601. The first-order valence-corrected chi connectivity index (χ1v) is 6.68. The van der Waals surface area contributed by atoms with Gasteiger partial charge in [-0.25, -0.2) is 13.6 Å². The first kappa shape index (κ1) is 12.9. The summed E-state index contributed by atoms with van der Waals surface area (Å²) >= 11 is 0. The molecule has 0 unspecified atom stereocenters. The van der Waals surface area contributed by atoms with Crippen LogP contribution in [0.3, 0.4) is 0 Å². The van der Waals surface area contributed by atoms with Crippen LogP contribution in [0.15, 0.2) is 18.7 Å². The Morgan fingerprint density at radius 3 is 2.06 bits per heavy atom. The Labute approximate surface area is 97.0 Å². The van der Waals surface area contributed by atoms with E-state index in [4.69, 9.17) is 5.14 Å². The molecule has 0 bridgehead atoms. The van der Waals surface area contributed by atoms with E-state index in [0.717, 1.165) is 22.3 Å². The van der Waals surface area contributed by atoms with Gasteiger partial charge >= 0.3 is 0 Å². The van der Waals surface area contributed by atoms with E-state index in [0.29, 0.717) is 5.57 Å². The Hall–Kier alpha value is -1.13. The lowest BCUT2D eigenvalue weighted by Crippen LogP contribution is -2.17. The van der Waals surface area contributed by atoms with Gasteiger partial charge in [-0.1, -0.05) is 24.3 Å². The van der Waals surface area contributed by atoms with Crippen molar-refractivity contribution < 1.29 is 8.42 Å². The van der Waals surface area contributed by atoms with Crippen LogP contribution in [0.25, 0.3) is 5.57 Å². The molecule has 0 aromatic heterocycles. The van der Waals surface area contributed by atoms with Gasteiger partial charge in [-0.05, 0) is 43.0 Å². The van der Waals surface area contributed by atoms with Crippen molar-refractivity contribution >= 4 is 15.6 Å². The van der Waals surface area contributed by atoms with Gasteiger partial charge in [0, 0.05) is 0 Å². The number of hydrogen-bond acceptors (Lipinski definition) is 2. The van der Waals surface area contributed by atoms with Crippen LogP contribution in [0, 0.1) is 20.8 Å². The van der Waals surface area contributed by atoms with Crippen molar-refractivity contribution in [1.29, 1.82) is 0 Å². The third kappa shape index (κ3) is 3.18. The predicted octanol–water partition coefficient (Wildman–Crippen LogP) is 1.91. The monoisotopic (exact) mass is 239 g/mol. The molecular formula is C12H17NO2S. The standard InChI is InChI=1S/C12H17NO2S/c1-8-5-9(2)12(10(3)6-8)11(4)7-16(13,14)15/h5-6H,4,7H2,1-3H3,(H2,13,14,15). The summed E-state index contributed by atoms with van der Waals surface area (Å²) in [7, 11) is -3.51. The molecule has 0 radical (unpaired) electrons. The molecule has 4 heteroatoms. The lowest BCUT2D eigenvalue weighted by atomic mass is 9.95. The van der Waals surface area contributed by atoms with E-state index in [2.05, 4.69) is 6.58 Å². The second-order valence-electron chi connectivity index (χ2n) is 4.18. The first-order chi connectivity index (χ1) is 7.20. The number of benzene rings is 1. The third-order valence-electron chi connectivity index (χ3n) is 2.41. The fraction of sp³-hybridized carbons (Fsp3) is 0.333. The zero-order chi connectivity index (χ0) is 12.5. The largest absolute Gasteiger partial charge is 0.228 e. The van der Waals surface area contributed by atoms with Crippen molar-refractivity contribution in [3.05, 3.63) is 41.0 Å². The van der Waals surface area contributed by atoms with Gasteiger partial charge in [0.1, 0.15) is 0 Å². The molecule has 16 heavy (non-hydrogen) atoms. The summed E-state index contributed by atoms with van der Waals surface area (Å²) in [6.07, 6.45) is 0. The minimum Gasteiger partial charge on any atom is -0.228 e. The maximum Gasteiger partial charge on any atom is 0.213 e. The number of primary sulfonamides is 1. The summed E-state index contributed by atoms with van der Waals surface area (Å²) in [5.74, 6) is -0.197.